The summed E-state index contributed by atoms with van der Waals surface area (Å²) in [7, 11) is 0. The second-order valence-corrected chi connectivity index (χ2v) is 4.78. The number of ether oxygens (including phenoxy) is 1. The van der Waals surface area contributed by atoms with Crippen molar-refractivity contribution in [2.24, 2.45) is 0 Å². The lowest BCUT2D eigenvalue weighted by molar-refractivity contribution is 0.339. The summed E-state index contributed by atoms with van der Waals surface area (Å²) in [6.07, 6.45) is 0. The third-order valence-electron chi connectivity index (χ3n) is 3.05. The number of hydrogen-bond donors (Lipinski definition) is 1. The highest BCUT2D eigenvalue weighted by Crippen LogP contribution is 2.30. The number of aromatic nitrogens is 2. The Morgan fingerprint density at radius 3 is 2.85 bits per heavy atom. The van der Waals surface area contributed by atoms with Crippen LogP contribution in [0, 0.1) is 0 Å². The van der Waals surface area contributed by atoms with Crippen LogP contribution in [-0.4, -0.2) is 16.2 Å². The Morgan fingerprint density at radius 2 is 2.05 bits per heavy atom. The van der Waals surface area contributed by atoms with E-state index in [1.54, 1.807) is 6.07 Å². The van der Waals surface area contributed by atoms with Gasteiger partial charge >= 0.3 is 0 Å². The van der Waals surface area contributed by atoms with Crippen molar-refractivity contribution in [1.29, 1.82) is 0 Å². The van der Waals surface area contributed by atoms with Gasteiger partial charge in [-0.2, -0.15) is 0 Å². The number of rotatable bonds is 3. The van der Waals surface area contributed by atoms with Gasteiger partial charge < -0.3 is 10.5 Å². The normalized spacial score (nSPS) is 10.9. The van der Waals surface area contributed by atoms with Gasteiger partial charge in [-0.1, -0.05) is 23.7 Å². The fourth-order valence-electron chi connectivity index (χ4n) is 2.24. The molecule has 0 fully saturated rings. The third kappa shape index (κ3) is 2.08. The fraction of sp³-hybridized carbons (Fsp3) is 0.133. The van der Waals surface area contributed by atoms with E-state index in [1.807, 2.05) is 47.9 Å². The van der Waals surface area contributed by atoms with Crippen molar-refractivity contribution in [2.75, 3.05) is 12.3 Å². The first kappa shape index (κ1) is 12.8. The van der Waals surface area contributed by atoms with Crippen molar-refractivity contribution in [3.8, 4) is 11.4 Å². The zero-order valence-corrected chi connectivity index (χ0v) is 11.8. The molecule has 0 unspecified atom stereocenters. The van der Waals surface area contributed by atoms with E-state index in [1.165, 1.54) is 0 Å². The van der Waals surface area contributed by atoms with Crippen LogP contribution in [0.5, 0.6) is 5.75 Å². The van der Waals surface area contributed by atoms with Gasteiger partial charge in [-0.25, -0.2) is 4.98 Å². The smallest absolute Gasteiger partial charge is 0.206 e. The number of nitrogens with zero attached hydrogens (tertiary/aromatic N) is 2. The van der Waals surface area contributed by atoms with Crippen LogP contribution in [0.1, 0.15) is 6.92 Å². The monoisotopic (exact) mass is 287 g/mol. The van der Waals surface area contributed by atoms with E-state index >= 15 is 0 Å². The molecule has 0 radical (unpaired) electrons. The first-order chi connectivity index (χ1) is 9.70. The highest BCUT2D eigenvalue weighted by Gasteiger charge is 2.13. The molecule has 0 aliphatic rings. The summed E-state index contributed by atoms with van der Waals surface area (Å²) in [4.78, 5) is 4.36. The molecule has 0 saturated carbocycles. The highest BCUT2D eigenvalue weighted by molar-refractivity contribution is 6.31. The molecule has 3 aromatic rings. The van der Waals surface area contributed by atoms with Gasteiger partial charge in [0.05, 0.1) is 23.3 Å². The standard InChI is InChI=1S/C15H14ClN3O/c1-2-20-14-6-4-3-5-12(14)19-13-9-10(16)7-8-11(13)18-15(19)17/h3-9H,2H2,1H3,(H2,17,18). The third-order valence-corrected chi connectivity index (χ3v) is 3.28. The Kier molecular flexibility index (Phi) is 3.24. The Bertz CT molecular complexity index is 767. The molecule has 4 nitrogen and oxygen atoms in total. The molecule has 0 bridgehead atoms. The molecule has 1 aromatic heterocycles. The van der Waals surface area contributed by atoms with Gasteiger partial charge in [0.1, 0.15) is 5.75 Å². The average molecular weight is 288 g/mol. The number of nitrogen functional groups attached to an aromatic ring is 1. The minimum absolute atomic E-state index is 0.411. The molecule has 0 atom stereocenters. The van der Waals surface area contributed by atoms with Gasteiger partial charge in [-0.15, -0.1) is 0 Å². The number of halogens is 1. The maximum absolute atomic E-state index is 6.08. The largest absolute Gasteiger partial charge is 0.492 e. The summed E-state index contributed by atoms with van der Waals surface area (Å²) in [6.45, 7) is 2.54. The van der Waals surface area contributed by atoms with E-state index in [2.05, 4.69) is 4.98 Å². The molecule has 2 N–H and O–H groups in total. The fourth-order valence-corrected chi connectivity index (χ4v) is 2.41. The highest BCUT2D eigenvalue weighted by atomic mass is 35.5. The Morgan fingerprint density at radius 1 is 1.25 bits per heavy atom. The van der Waals surface area contributed by atoms with Crippen LogP contribution in [0.3, 0.4) is 0 Å². The summed E-state index contributed by atoms with van der Waals surface area (Å²) in [5.41, 5.74) is 8.58. The van der Waals surface area contributed by atoms with Crippen LogP contribution in [0.4, 0.5) is 5.95 Å². The Balaban J connectivity index is 2.29. The molecule has 1 heterocycles. The lowest BCUT2D eigenvalue weighted by Gasteiger charge is -2.12. The summed E-state index contributed by atoms with van der Waals surface area (Å²) in [5.74, 6) is 1.18. The Labute approximate surface area is 121 Å². The lowest BCUT2D eigenvalue weighted by Crippen LogP contribution is -2.04. The summed E-state index contributed by atoms with van der Waals surface area (Å²) in [5, 5.41) is 0.646. The second-order valence-electron chi connectivity index (χ2n) is 4.34. The second kappa shape index (κ2) is 5.06. The molecular formula is C15H14ClN3O. The van der Waals surface area contributed by atoms with Gasteiger partial charge in [0.2, 0.25) is 5.95 Å². The molecule has 20 heavy (non-hydrogen) atoms. The molecule has 0 amide bonds. The molecule has 0 aliphatic heterocycles. The minimum atomic E-state index is 0.411. The number of nitrogens with two attached hydrogens (primary N) is 1. The van der Waals surface area contributed by atoms with Gasteiger partial charge in [0.15, 0.2) is 0 Å². The van der Waals surface area contributed by atoms with Crippen LogP contribution in [0.25, 0.3) is 16.7 Å². The van der Waals surface area contributed by atoms with E-state index < -0.39 is 0 Å². The summed E-state index contributed by atoms with van der Waals surface area (Å²) in [6, 6.07) is 13.2. The SMILES string of the molecule is CCOc1ccccc1-n1c(N)nc2ccc(Cl)cc21. The van der Waals surface area contributed by atoms with Crippen LogP contribution in [0.15, 0.2) is 42.5 Å². The molecule has 102 valence electrons. The first-order valence-corrected chi connectivity index (χ1v) is 6.74. The quantitative estimate of drug-likeness (QED) is 0.800. The van der Waals surface area contributed by atoms with E-state index in [-0.39, 0.29) is 0 Å². The van der Waals surface area contributed by atoms with Crippen molar-refractivity contribution in [1.82, 2.24) is 9.55 Å². The Hall–Kier alpha value is -2.20. The molecular weight excluding hydrogens is 274 g/mol. The molecule has 0 spiro atoms. The van der Waals surface area contributed by atoms with E-state index in [4.69, 9.17) is 22.1 Å². The molecule has 2 aromatic carbocycles. The van der Waals surface area contributed by atoms with Crippen LogP contribution < -0.4 is 10.5 Å². The lowest BCUT2D eigenvalue weighted by atomic mass is 10.2. The van der Waals surface area contributed by atoms with E-state index in [0.29, 0.717) is 17.6 Å². The minimum Gasteiger partial charge on any atom is -0.492 e. The number of imidazole rings is 1. The first-order valence-electron chi connectivity index (χ1n) is 6.36. The van der Waals surface area contributed by atoms with Crippen LogP contribution in [-0.2, 0) is 0 Å². The molecule has 5 heteroatoms. The number of anilines is 1. The predicted molar refractivity (Wildman–Crippen MR) is 81.7 cm³/mol. The van der Waals surface area contributed by atoms with Crippen molar-refractivity contribution in [3.63, 3.8) is 0 Å². The summed E-state index contributed by atoms with van der Waals surface area (Å²) < 4.78 is 7.51. The van der Waals surface area contributed by atoms with Gasteiger partial charge in [-0.3, -0.25) is 4.57 Å². The van der Waals surface area contributed by atoms with Crippen molar-refractivity contribution < 1.29 is 4.74 Å². The topological polar surface area (TPSA) is 53.1 Å². The molecule has 0 saturated heterocycles. The number of benzene rings is 2. The maximum Gasteiger partial charge on any atom is 0.206 e. The van der Waals surface area contributed by atoms with Gasteiger partial charge in [0, 0.05) is 5.02 Å². The average Bonchev–Trinajstić information content (AvgIpc) is 2.75. The van der Waals surface area contributed by atoms with Crippen molar-refractivity contribution >= 4 is 28.6 Å². The molecule has 0 aliphatic carbocycles. The van der Waals surface area contributed by atoms with Gasteiger partial charge in [0.25, 0.3) is 0 Å². The maximum atomic E-state index is 6.08. The van der Waals surface area contributed by atoms with E-state index in [0.717, 1.165) is 22.5 Å². The number of para-hydroxylation sites is 2. The van der Waals surface area contributed by atoms with Gasteiger partial charge in [-0.05, 0) is 37.3 Å². The van der Waals surface area contributed by atoms with Crippen LogP contribution >= 0.6 is 11.6 Å². The predicted octanol–water partition coefficient (Wildman–Crippen LogP) is 3.66. The number of hydrogen-bond acceptors (Lipinski definition) is 3. The van der Waals surface area contributed by atoms with Crippen molar-refractivity contribution in [3.05, 3.63) is 47.5 Å². The zero-order chi connectivity index (χ0) is 14.1. The van der Waals surface area contributed by atoms with Crippen molar-refractivity contribution in [2.45, 2.75) is 6.92 Å². The summed E-state index contributed by atoms with van der Waals surface area (Å²) >= 11 is 6.08. The zero-order valence-electron chi connectivity index (χ0n) is 11.0. The number of fused-ring (bicyclic) bond motifs is 1. The van der Waals surface area contributed by atoms with Crippen LogP contribution in [0.2, 0.25) is 5.02 Å². The molecule has 3 rings (SSSR count). The van der Waals surface area contributed by atoms with E-state index in [9.17, 15) is 0 Å².